The van der Waals surface area contributed by atoms with Gasteiger partial charge in [-0.2, -0.15) is 0 Å². The number of carboxylic acids is 1. The van der Waals surface area contributed by atoms with E-state index in [0.717, 1.165) is 25.7 Å². The molecule has 2 bridgehead atoms. The van der Waals surface area contributed by atoms with Crippen LogP contribution in [0.15, 0.2) is 11.6 Å². The molecule has 0 aromatic rings. The van der Waals surface area contributed by atoms with Gasteiger partial charge in [-0.3, -0.25) is 19.3 Å². The van der Waals surface area contributed by atoms with Crippen molar-refractivity contribution >= 4 is 17.9 Å². The van der Waals surface area contributed by atoms with Crippen LogP contribution in [0.2, 0.25) is 0 Å². The van der Waals surface area contributed by atoms with Crippen LogP contribution in [0.5, 0.6) is 0 Å². The van der Waals surface area contributed by atoms with Crippen LogP contribution >= 0.6 is 0 Å². The fourth-order valence-electron chi connectivity index (χ4n) is 12.0. The summed E-state index contributed by atoms with van der Waals surface area (Å²) in [6.45, 7) is 17.9. The highest BCUT2D eigenvalue weighted by molar-refractivity contribution is 5.73. The lowest BCUT2D eigenvalue weighted by atomic mass is 9.34. The van der Waals surface area contributed by atoms with Crippen molar-refractivity contribution in [1.82, 2.24) is 4.90 Å². The number of aliphatic hydroxyl groups is 2. The van der Waals surface area contributed by atoms with Crippen molar-refractivity contribution in [3.63, 3.8) is 0 Å². The molecule has 0 unspecified atom stereocenters. The van der Waals surface area contributed by atoms with Gasteiger partial charge in [0.1, 0.15) is 12.2 Å². The summed E-state index contributed by atoms with van der Waals surface area (Å²) >= 11 is 0. The van der Waals surface area contributed by atoms with Crippen molar-refractivity contribution in [1.29, 1.82) is 0 Å². The summed E-state index contributed by atoms with van der Waals surface area (Å²) in [5, 5.41) is 29.9. The number of aliphatic carboxylic acids is 1. The van der Waals surface area contributed by atoms with E-state index < -0.39 is 52.3 Å². The smallest absolute Gasteiger partial charge is 0.320 e. The lowest BCUT2D eigenvalue weighted by Crippen LogP contribution is -2.70. The number of carbonyl (C=O) groups is 3. The molecular formula is C38H61NO9. The fourth-order valence-corrected chi connectivity index (χ4v) is 12.0. The molecule has 0 amide bonds. The zero-order valence-corrected chi connectivity index (χ0v) is 30.5. The average molecular weight is 676 g/mol. The van der Waals surface area contributed by atoms with Crippen LogP contribution in [0.4, 0.5) is 0 Å². The standard InChI is InChI=1S/C38H61NO9/c1-23(2)24(3)34(5)13-14-36(7)26-9-10-29-35(6)21-46-22-38(29,27(26)11-12-37(36,8)31(34)33(44)45)19-28(47-25(4)42)32(35)48-30(43)20-39(15-17-40)16-18-41/h11,23-24,26,28-29,31-32,40-41H,9-10,12-22H2,1-8H3,(H,44,45)/t24-,26+,28-,29+,31-,32+,34-,35-,36-,37+,38-/m1/s1. The maximum absolute atomic E-state index is 13.4. The van der Waals surface area contributed by atoms with E-state index in [1.54, 1.807) is 4.90 Å². The molecule has 1 saturated heterocycles. The molecule has 0 aromatic carbocycles. The number of allylic oxidation sites excluding steroid dienone is 1. The van der Waals surface area contributed by atoms with Gasteiger partial charge in [0.2, 0.25) is 0 Å². The molecule has 272 valence electrons. The summed E-state index contributed by atoms with van der Waals surface area (Å²) < 4.78 is 18.7. The number of ether oxygens (including phenoxy) is 3. The summed E-state index contributed by atoms with van der Waals surface area (Å²) in [5.41, 5.74) is -0.731. The highest BCUT2D eigenvalue weighted by Gasteiger charge is 2.72. The van der Waals surface area contributed by atoms with Crippen molar-refractivity contribution in [3.05, 3.63) is 11.6 Å². The monoisotopic (exact) mass is 675 g/mol. The van der Waals surface area contributed by atoms with Gasteiger partial charge in [-0.05, 0) is 78.4 Å². The second kappa shape index (κ2) is 13.3. The summed E-state index contributed by atoms with van der Waals surface area (Å²) in [7, 11) is 0. The molecule has 1 aliphatic heterocycles. The molecule has 48 heavy (non-hydrogen) atoms. The molecule has 11 atom stereocenters. The lowest BCUT2D eigenvalue weighted by molar-refractivity contribution is -0.263. The number of carbonyl (C=O) groups excluding carboxylic acids is 2. The molecule has 4 aliphatic carbocycles. The SMILES string of the molecule is CC(=O)O[C@@H]1C[C@]23COC[C@](C)([C@@H]2CC[C@H]2C3=CC[C@@]3(C)[C@H](C(=O)O)[C@@](C)([C@H](C)C(C)C)CC[C@]23C)[C@H]1OC(=O)CN(CCO)CCO. The van der Waals surface area contributed by atoms with Crippen LogP contribution in [0.3, 0.4) is 0 Å². The first kappa shape index (κ1) is 37.3. The van der Waals surface area contributed by atoms with Crippen LogP contribution in [-0.2, 0) is 28.6 Å². The van der Waals surface area contributed by atoms with Crippen molar-refractivity contribution in [3.8, 4) is 0 Å². The number of rotatable bonds is 11. The van der Waals surface area contributed by atoms with Crippen LogP contribution < -0.4 is 0 Å². The molecule has 0 radical (unpaired) electrons. The van der Waals surface area contributed by atoms with Crippen molar-refractivity contribution in [2.75, 3.05) is 46.1 Å². The van der Waals surface area contributed by atoms with Gasteiger partial charge in [-0.15, -0.1) is 0 Å². The highest BCUT2D eigenvalue weighted by atomic mass is 16.6. The van der Waals surface area contributed by atoms with E-state index in [1.165, 1.54) is 12.5 Å². The molecule has 5 aliphatic rings. The van der Waals surface area contributed by atoms with Crippen LogP contribution in [-0.4, -0.2) is 96.4 Å². The first-order valence-corrected chi connectivity index (χ1v) is 18.3. The van der Waals surface area contributed by atoms with E-state index in [-0.39, 0.29) is 61.4 Å². The Labute approximate surface area is 286 Å². The molecule has 10 nitrogen and oxygen atoms in total. The Kier molecular flexibility index (Phi) is 10.3. The fraction of sp³-hybridized carbons (Fsp3) is 0.868. The summed E-state index contributed by atoms with van der Waals surface area (Å²) in [4.78, 5) is 41.0. The van der Waals surface area contributed by atoms with E-state index in [9.17, 15) is 29.7 Å². The number of esters is 2. The van der Waals surface area contributed by atoms with E-state index in [1.807, 2.05) is 0 Å². The quantitative estimate of drug-likeness (QED) is 0.208. The largest absolute Gasteiger partial charge is 0.481 e. The summed E-state index contributed by atoms with van der Waals surface area (Å²) in [6.07, 6.45) is 5.72. The van der Waals surface area contributed by atoms with E-state index >= 15 is 0 Å². The number of carboxylic acid groups (broad SMARTS) is 1. The van der Waals surface area contributed by atoms with Gasteiger partial charge in [-0.25, -0.2) is 0 Å². The maximum atomic E-state index is 13.4. The normalized spacial score (nSPS) is 42.6. The van der Waals surface area contributed by atoms with Crippen molar-refractivity contribution < 1.29 is 43.9 Å². The Hall–Kier alpha value is -2.01. The molecule has 5 rings (SSSR count). The van der Waals surface area contributed by atoms with E-state index in [2.05, 4.69) is 54.5 Å². The van der Waals surface area contributed by atoms with Gasteiger partial charge in [-0.1, -0.05) is 60.1 Å². The van der Waals surface area contributed by atoms with Crippen LogP contribution in [0.25, 0.3) is 0 Å². The minimum Gasteiger partial charge on any atom is -0.481 e. The Balaban J connectivity index is 1.53. The zero-order chi connectivity index (χ0) is 35.4. The molecule has 3 N–H and O–H groups in total. The minimum absolute atomic E-state index is 0.0968. The Morgan fingerprint density at radius 1 is 0.979 bits per heavy atom. The molecular weight excluding hydrogens is 614 g/mol. The summed E-state index contributed by atoms with van der Waals surface area (Å²) in [6, 6.07) is 0. The van der Waals surface area contributed by atoms with E-state index in [4.69, 9.17) is 14.2 Å². The third kappa shape index (κ3) is 5.65. The second-order valence-corrected chi connectivity index (χ2v) is 17.3. The minimum atomic E-state index is -0.719. The average Bonchev–Trinajstić information content (AvgIpc) is 2.99. The first-order chi connectivity index (χ1) is 22.4. The number of hydrogen-bond acceptors (Lipinski definition) is 9. The second-order valence-electron chi connectivity index (χ2n) is 17.3. The molecule has 0 aromatic heterocycles. The third-order valence-electron chi connectivity index (χ3n) is 14.8. The number of hydrogen-bond donors (Lipinski definition) is 3. The van der Waals surface area contributed by atoms with Crippen molar-refractivity contribution in [2.45, 2.75) is 106 Å². The molecule has 1 heterocycles. The Bertz CT molecular complexity index is 1280. The zero-order valence-electron chi connectivity index (χ0n) is 30.5. The number of nitrogens with zero attached hydrogens (tertiary/aromatic N) is 1. The number of aliphatic hydroxyl groups excluding tert-OH is 2. The van der Waals surface area contributed by atoms with E-state index in [0.29, 0.717) is 32.0 Å². The topological polar surface area (TPSA) is 143 Å². The van der Waals surface area contributed by atoms with Gasteiger partial charge in [0.05, 0.1) is 38.9 Å². The number of fused-ring (bicyclic) bond motifs is 3. The molecule has 0 spiro atoms. The van der Waals surface area contributed by atoms with Crippen LogP contribution in [0.1, 0.15) is 93.9 Å². The predicted octanol–water partition coefficient (Wildman–Crippen LogP) is 4.71. The Morgan fingerprint density at radius 3 is 2.23 bits per heavy atom. The van der Waals surface area contributed by atoms with Gasteiger partial charge in [0.15, 0.2) is 0 Å². The van der Waals surface area contributed by atoms with Gasteiger partial charge < -0.3 is 29.5 Å². The Morgan fingerprint density at radius 2 is 1.65 bits per heavy atom. The third-order valence-corrected chi connectivity index (χ3v) is 14.8. The van der Waals surface area contributed by atoms with Gasteiger partial charge >= 0.3 is 17.9 Å². The summed E-state index contributed by atoms with van der Waals surface area (Å²) in [5.74, 6) is -1.17. The van der Waals surface area contributed by atoms with Gasteiger partial charge in [0.25, 0.3) is 0 Å². The lowest BCUT2D eigenvalue weighted by Gasteiger charge is -2.71. The molecule has 4 fully saturated rings. The highest BCUT2D eigenvalue weighted by Crippen LogP contribution is 2.75. The van der Waals surface area contributed by atoms with Gasteiger partial charge in [0, 0.05) is 30.8 Å². The van der Waals surface area contributed by atoms with Crippen molar-refractivity contribution in [2.24, 2.45) is 56.7 Å². The first-order valence-electron chi connectivity index (χ1n) is 18.3. The molecule has 10 heteroatoms. The molecule has 3 saturated carbocycles. The maximum Gasteiger partial charge on any atom is 0.320 e. The van der Waals surface area contributed by atoms with Crippen LogP contribution in [0, 0.1) is 56.7 Å². The predicted molar refractivity (Wildman–Crippen MR) is 180 cm³/mol.